The van der Waals surface area contributed by atoms with Crippen LogP contribution in [0.4, 0.5) is 5.69 Å². The van der Waals surface area contributed by atoms with Crippen molar-refractivity contribution in [3.63, 3.8) is 0 Å². The van der Waals surface area contributed by atoms with Crippen molar-refractivity contribution in [2.75, 3.05) is 25.6 Å². The summed E-state index contributed by atoms with van der Waals surface area (Å²) in [4.78, 5) is 14.3. The van der Waals surface area contributed by atoms with E-state index in [9.17, 15) is 4.79 Å². The summed E-state index contributed by atoms with van der Waals surface area (Å²) in [7, 11) is 3.56. The van der Waals surface area contributed by atoms with Crippen LogP contribution in [0.15, 0.2) is 24.3 Å². The summed E-state index contributed by atoms with van der Waals surface area (Å²) >= 11 is 0. The van der Waals surface area contributed by atoms with Gasteiger partial charge < -0.3 is 15.0 Å². The highest BCUT2D eigenvalue weighted by Gasteiger charge is 2.47. The van der Waals surface area contributed by atoms with Crippen molar-refractivity contribution in [1.29, 1.82) is 0 Å². The number of carbonyl (C=O) groups is 1. The molecule has 0 bridgehead atoms. The summed E-state index contributed by atoms with van der Waals surface area (Å²) in [6.07, 6.45) is 0.575. The molecule has 1 aliphatic rings. The predicted molar refractivity (Wildman–Crippen MR) is 76.6 cm³/mol. The zero-order valence-corrected chi connectivity index (χ0v) is 12.1. The lowest BCUT2D eigenvalue weighted by molar-refractivity contribution is -0.117. The van der Waals surface area contributed by atoms with Crippen molar-refractivity contribution in [2.24, 2.45) is 5.92 Å². The van der Waals surface area contributed by atoms with E-state index < -0.39 is 0 Å². The summed E-state index contributed by atoms with van der Waals surface area (Å²) in [5.41, 5.74) is 0.646. The number of nitrogens with one attached hydrogen (secondary N) is 1. The first-order chi connectivity index (χ1) is 9.02. The van der Waals surface area contributed by atoms with Crippen molar-refractivity contribution in [1.82, 2.24) is 5.32 Å². The van der Waals surface area contributed by atoms with Gasteiger partial charge in [0.1, 0.15) is 5.75 Å². The second-order valence-corrected chi connectivity index (χ2v) is 5.51. The topological polar surface area (TPSA) is 41.6 Å². The highest BCUT2D eigenvalue weighted by Crippen LogP contribution is 2.42. The zero-order chi connectivity index (χ0) is 14.0. The molecule has 1 unspecified atom stereocenters. The lowest BCUT2D eigenvalue weighted by Gasteiger charge is -2.36. The molecule has 4 nitrogen and oxygen atoms in total. The number of carbonyl (C=O) groups excluding carboxylic acids is 1. The summed E-state index contributed by atoms with van der Waals surface area (Å²) in [6.45, 7) is 5.07. The van der Waals surface area contributed by atoms with Crippen LogP contribution in [0.5, 0.6) is 5.75 Å². The fourth-order valence-corrected chi connectivity index (χ4v) is 2.88. The van der Waals surface area contributed by atoms with Gasteiger partial charge in [-0.1, -0.05) is 12.1 Å². The van der Waals surface area contributed by atoms with E-state index in [0.717, 1.165) is 18.0 Å². The number of hydrogen-bond acceptors (Lipinski definition) is 3. The number of methoxy groups -OCH3 is 1. The molecule has 1 aromatic carbocycles. The Kier molecular flexibility index (Phi) is 3.80. The van der Waals surface area contributed by atoms with Crippen molar-refractivity contribution < 1.29 is 9.53 Å². The van der Waals surface area contributed by atoms with E-state index in [-0.39, 0.29) is 11.4 Å². The van der Waals surface area contributed by atoms with E-state index in [1.165, 1.54) is 0 Å². The molecule has 2 rings (SSSR count). The average Bonchev–Trinajstić information content (AvgIpc) is 2.60. The summed E-state index contributed by atoms with van der Waals surface area (Å²) in [5, 5.41) is 3.18. The Hall–Kier alpha value is -1.55. The van der Waals surface area contributed by atoms with Crippen molar-refractivity contribution >= 4 is 11.6 Å². The van der Waals surface area contributed by atoms with E-state index >= 15 is 0 Å². The molecule has 1 atom stereocenters. The molecule has 0 aliphatic carbocycles. The van der Waals surface area contributed by atoms with Crippen LogP contribution in [0.3, 0.4) is 0 Å². The molecule has 19 heavy (non-hydrogen) atoms. The molecular formula is C15H22N2O2. The molecule has 0 spiro atoms. The summed E-state index contributed by atoms with van der Waals surface area (Å²) in [6, 6.07) is 7.69. The number of anilines is 1. The molecule has 104 valence electrons. The molecule has 1 aliphatic heterocycles. The second kappa shape index (κ2) is 5.21. The molecule has 4 heteroatoms. The number of para-hydroxylation sites is 2. The van der Waals surface area contributed by atoms with Gasteiger partial charge in [0, 0.05) is 24.4 Å². The van der Waals surface area contributed by atoms with Crippen LogP contribution < -0.4 is 15.0 Å². The fraction of sp³-hybridized carbons (Fsp3) is 0.533. The monoisotopic (exact) mass is 262 g/mol. The fourth-order valence-electron chi connectivity index (χ4n) is 2.88. The molecule has 1 fully saturated rings. The number of nitrogens with zero attached hydrogens (tertiary/aromatic N) is 1. The van der Waals surface area contributed by atoms with Crippen LogP contribution in [0.2, 0.25) is 0 Å². The average molecular weight is 262 g/mol. The molecule has 1 saturated heterocycles. The van der Waals surface area contributed by atoms with Crippen molar-refractivity contribution in [3.05, 3.63) is 24.3 Å². The van der Waals surface area contributed by atoms with Gasteiger partial charge in [-0.15, -0.1) is 0 Å². The first-order valence-corrected chi connectivity index (χ1v) is 6.63. The maximum Gasteiger partial charge on any atom is 0.228 e. The Labute approximate surface area is 114 Å². The zero-order valence-electron chi connectivity index (χ0n) is 12.1. The van der Waals surface area contributed by atoms with E-state index in [0.29, 0.717) is 12.3 Å². The second-order valence-electron chi connectivity index (χ2n) is 5.51. The van der Waals surface area contributed by atoms with Gasteiger partial charge in [0.05, 0.1) is 12.8 Å². The smallest absolute Gasteiger partial charge is 0.228 e. The van der Waals surface area contributed by atoms with Crippen LogP contribution >= 0.6 is 0 Å². The van der Waals surface area contributed by atoms with Crippen LogP contribution in [0.25, 0.3) is 0 Å². The van der Waals surface area contributed by atoms with Crippen molar-refractivity contribution in [2.45, 2.75) is 25.8 Å². The first kappa shape index (κ1) is 13.9. The van der Waals surface area contributed by atoms with Crippen LogP contribution in [-0.4, -0.2) is 32.1 Å². The van der Waals surface area contributed by atoms with E-state index in [4.69, 9.17) is 4.74 Å². The Morgan fingerprint density at radius 2 is 2.11 bits per heavy atom. The van der Waals surface area contributed by atoms with E-state index in [1.54, 1.807) is 7.11 Å². The third-order valence-electron chi connectivity index (χ3n) is 4.02. The molecule has 1 N–H and O–H groups in total. The Balaban J connectivity index is 2.41. The number of hydrogen-bond donors (Lipinski definition) is 1. The molecule has 0 saturated carbocycles. The lowest BCUT2D eigenvalue weighted by Crippen LogP contribution is -2.46. The van der Waals surface area contributed by atoms with Gasteiger partial charge in [-0.25, -0.2) is 0 Å². The van der Waals surface area contributed by atoms with E-state index in [2.05, 4.69) is 19.2 Å². The van der Waals surface area contributed by atoms with Gasteiger partial charge in [0.25, 0.3) is 0 Å². The van der Waals surface area contributed by atoms with Gasteiger partial charge in [-0.05, 0) is 33.0 Å². The van der Waals surface area contributed by atoms with Gasteiger partial charge in [0.15, 0.2) is 0 Å². The number of ether oxygens (including phenoxy) is 1. The standard InChI is InChI=1S/C15H22N2O2/c1-15(2)11(10-16-3)9-14(18)17(15)12-7-5-6-8-13(12)19-4/h5-8,11,16H,9-10H2,1-4H3. The largest absolute Gasteiger partial charge is 0.495 e. The van der Waals surface area contributed by atoms with Gasteiger partial charge >= 0.3 is 0 Å². The first-order valence-electron chi connectivity index (χ1n) is 6.63. The van der Waals surface area contributed by atoms with E-state index in [1.807, 2.05) is 36.2 Å². The molecule has 1 amide bonds. The molecule has 0 aromatic heterocycles. The van der Waals surface area contributed by atoms with Crippen LogP contribution in [0, 0.1) is 5.92 Å². The Morgan fingerprint density at radius 3 is 2.74 bits per heavy atom. The third kappa shape index (κ3) is 2.32. The SMILES string of the molecule is CNCC1CC(=O)N(c2ccccc2OC)C1(C)C. The predicted octanol–water partition coefficient (Wildman–Crippen LogP) is 2.05. The maximum atomic E-state index is 12.4. The number of benzene rings is 1. The highest BCUT2D eigenvalue weighted by molar-refractivity contribution is 5.99. The normalized spacial score (nSPS) is 21.8. The number of amides is 1. The van der Waals surface area contributed by atoms with Crippen molar-refractivity contribution in [3.8, 4) is 5.75 Å². The third-order valence-corrected chi connectivity index (χ3v) is 4.02. The minimum Gasteiger partial charge on any atom is -0.495 e. The molecular weight excluding hydrogens is 240 g/mol. The minimum absolute atomic E-state index is 0.162. The van der Waals surface area contributed by atoms with Crippen LogP contribution in [0.1, 0.15) is 20.3 Å². The quantitative estimate of drug-likeness (QED) is 0.903. The Bertz CT molecular complexity index is 471. The molecule has 0 radical (unpaired) electrons. The van der Waals surface area contributed by atoms with Gasteiger partial charge in [-0.3, -0.25) is 4.79 Å². The lowest BCUT2D eigenvalue weighted by atomic mass is 9.88. The van der Waals surface area contributed by atoms with Gasteiger partial charge in [-0.2, -0.15) is 0 Å². The summed E-state index contributed by atoms with van der Waals surface area (Å²) in [5.74, 6) is 1.21. The number of rotatable bonds is 4. The highest BCUT2D eigenvalue weighted by atomic mass is 16.5. The van der Waals surface area contributed by atoms with Gasteiger partial charge in [0.2, 0.25) is 5.91 Å². The Morgan fingerprint density at radius 1 is 1.42 bits per heavy atom. The molecule has 1 heterocycles. The maximum absolute atomic E-state index is 12.4. The molecule has 1 aromatic rings. The summed E-state index contributed by atoms with van der Waals surface area (Å²) < 4.78 is 5.39. The minimum atomic E-state index is -0.214. The van der Waals surface area contributed by atoms with Crippen LogP contribution in [-0.2, 0) is 4.79 Å².